The van der Waals surface area contributed by atoms with E-state index in [2.05, 4.69) is 29.2 Å². The van der Waals surface area contributed by atoms with Crippen molar-refractivity contribution in [3.63, 3.8) is 0 Å². The van der Waals surface area contributed by atoms with Crippen LogP contribution in [0.15, 0.2) is 42.6 Å². The minimum absolute atomic E-state index is 0.928. The fourth-order valence-corrected chi connectivity index (χ4v) is 2.04. The van der Waals surface area contributed by atoms with Gasteiger partial charge in [0.15, 0.2) is 0 Å². The monoisotopic (exact) mass is 197 g/mol. The van der Waals surface area contributed by atoms with Crippen molar-refractivity contribution in [3.8, 4) is 5.75 Å². The summed E-state index contributed by atoms with van der Waals surface area (Å²) < 4.78 is 5.39. The summed E-state index contributed by atoms with van der Waals surface area (Å²) in [5.41, 5.74) is 1.17. The fraction of sp³-hybridized carbons (Fsp3) is 0.0769. The molecule has 15 heavy (non-hydrogen) atoms. The highest BCUT2D eigenvalue weighted by molar-refractivity contribution is 6.08. The van der Waals surface area contributed by atoms with E-state index >= 15 is 0 Å². The molecule has 0 amide bonds. The maximum Gasteiger partial charge on any atom is 0.127 e. The Morgan fingerprint density at radius 2 is 1.87 bits per heavy atom. The van der Waals surface area contributed by atoms with E-state index in [0.29, 0.717) is 0 Å². The largest absolute Gasteiger partial charge is 0.496 e. The van der Waals surface area contributed by atoms with Crippen LogP contribution < -0.4 is 4.74 Å². The first-order valence-corrected chi connectivity index (χ1v) is 4.93. The summed E-state index contributed by atoms with van der Waals surface area (Å²) in [6, 6.07) is 12.4. The third kappa shape index (κ3) is 1.11. The number of H-pyrrole nitrogens is 1. The van der Waals surface area contributed by atoms with Gasteiger partial charge in [0.1, 0.15) is 5.75 Å². The van der Waals surface area contributed by atoms with Gasteiger partial charge in [-0.1, -0.05) is 24.3 Å². The molecule has 1 aromatic heterocycles. The van der Waals surface area contributed by atoms with Crippen molar-refractivity contribution < 1.29 is 4.74 Å². The van der Waals surface area contributed by atoms with E-state index in [9.17, 15) is 0 Å². The highest BCUT2D eigenvalue weighted by Gasteiger charge is 2.06. The zero-order chi connectivity index (χ0) is 10.3. The number of benzene rings is 2. The van der Waals surface area contributed by atoms with E-state index in [-0.39, 0.29) is 0 Å². The van der Waals surface area contributed by atoms with Crippen LogP contribution in [0.1, 0.15) is 0 Å². The fourth-order valence-electron chi connectivity index (χ4n) is 2.04. The molecule has 2 heteroatoms. The van der Waals surface area contributed by atoms with Gasteiger partial charge in [-0.25, -0.2) is 0 Å². The van der Waals surface area contributed by atoms with Crippen LogP contribution in [0.4, 0.5) is 0 Å². The maximum absolute atomic E-state index is 5.39. The number of hydrogen-bond donors (Lipinski definition) is 1. The summed E-state index contributed by atoms with van der Waals surface area (Å²) in [6.07, 6.45) is 1.95. The van der Waals surface area contributed by atoms with Crippen molar-refractivity contribution in [1.29, 1.82) is 0 Å². The molecule has 74 valence electrons. The van der Waals surface area contributed by atoms with Crippen molar-refractivity contribution in [3.05, 3.63) is 42.6 Å². The molecule has 0 saturated carbocycles. The summed E-state index contributed by atoms with van der Waals surface area (Å²) in [5, 5.41) is 3.54. The van der Waals surface area contributed by atoms with Crippen LogP contribution in [-0.2, 0) is 0 Å². The van der Waals surface area contributed by atoms with Crippen molar-refractivity contribution in [2.75, 3.05) is 7.11 Å². The van der Waals surface area contributed by atoms with Gasteiger partial charge >= 0.3 is 0 Å². The number of aromatic amines is 1. The van der Waals surface area contributed by atoms with Crippen molar-refractivity contribution in [1.82, 2.24) is 4.98 Å². The van der Waals surface area contributed by atoms with E-state index in [1.807, 2.05) is 18.3 Å². The van der Waals surface area contributed by atoms with Crippen LogP contribution in [0.3, 0.4) is 0 Å². The molecule has 0 aliphatic rings. The molecular formula is C13H11NO. The molecule has 0 aliphatic heterocycles. The molecule has 3 rings (SSSR count). The Labute approximate surface area is 87.5 Å². The Kier molecular flexibility index (Phi) is 1.68. The number of nitrogens with one attached hydrogen (secondary N) is 1. The second kappa shape index (κ2) is 3.02. The van der Waals surface area contributed by atoms with Crippen LogP contribution in [0.2, 0.25) is 0 Å². The summed E-state index contributed by atoms with van der Waals surface area (Å²) in [4.78, 5) is 3.26. The maximum atomic E-state index is 5.39. The topological polar surface area (TPSA) is 25.0 Å². The molecule has 0 fully saturated rings. The van der Waals surface area contributed by atoms with Crippen LogP contribution in [0.5, 0.6) is 5.75 Å². The van der Waals surface area contributed by atoms with Gasteiger partial charge in [0.2, 0.25) is 0 Å². The Morgan fingerprint density at radius 1 is 1.07 bits per heavy atom. The van der Waals surface area contributed by atoms with Gasteiger partial charge in [0.25, 0.3) is 0 Å². The first-order valence-electron chi connectivity index (χ1n) is 4.93. The molecule has 2 nitrogen and oxygen atoms in total. The van der Waals surface area contributed by atoms with E-state index in [1.54, 1.807) is 7.11 Å². The number of rotatable bonds is 1. The van der Waals surface area contributed by atoms with Crippen LogP contribution in [0, 0.1) is 0 Å². The molecular weight excluding hydrogens is 186 g/mol. The summed E-state index contributed by atoms with van der Waals surface area (Å²) in [5.74, 6) is 0.928. The molecule has 1 N–H and O–H groups in total. The Morgan fingerprint density at radius 3 is 2.67 bits per heavy atom. The Bertz CT molecular complexity index is 625. The lowest BCUT2D eigenvalue weighted by Crippen LogP contribution is -1.85. The molecule has 0 radical (unpaired) electrons. The van der Waals surface area contributed by atoms with Gasteiger partial charge < -0.3 is 9.72 Å². The first kappa shape index (κ1) is 8.36. The highest BCUT2D eigenvalue weighted by atomic mass is 16.5. The quantitative estimate of drug-likeness (QED) is 0.636. The zero-order valence-corrected chi connectivity index (χ0v) is 8.45. The van der Waals surface area contributed by atoms with Crippen LogP contribution >= 0.6 is 0 Å². The van der Waals surface area contributed by atoms with Crippen molar-refractivity contribution in [2.45, 2.75) is 0 Å². The smallest absolute Gasteiger partial charge is 0.127 e. The third-order valence-electron chi connectivity index (χ3n) is 2.75. The second-order valence-corrected chi connectivity index (χ2v) is 3.57. The lowest BCUT2D eigenvalue weighted by Gasteiger charge is -2.06. The third-order valence-corrected chi connectivity index (χ3v) is 2.75. The first-order chi connectivity index (χ1) is 7.40. The molecule has 0 atom stereocenters. The van der Waals surface area contributed by atoms with Gasteiger partial charge in [-0.15, -0.1) is 0 Å². The predicted molar refractivity (Wildman–Crippen MR) is 62.4 cm³/mol. The SMILES string of the molecule is COc1cc2cc[nH]c2c2ccccc12. The minimum Gasteiger partial charge on any atom is -0.496 e. The number of ether oxygens (including phenoxy) is 1. The normalized spacial score (nSPS) is 11.0. The number of methoxy groups -OCH3 is 1. The number of hydrogen-bond acceptors (Lipinski definition) is 1. The molecule has 3 aromatic rings. The Hall–Kier alpha value is -1.96. The lowest BCUT2D eigenvalue weighted by atomic mass is 10.1. The van der Waals surface area contributed by atoms with Gasteiger partial charge in [-0.2, -0.15) is 0 Å². The standard InChI is InChI=1S/C13H11NO/c1-15-12-8-9-6-7-14-13(9)11-5-3-2-4-10(11)12/h2-8,14H,1H3. The summed E-state index contributed by atoms with van der Waals surface area (Å²) >= 11 is 0. The van der Waals surface area contributed by atoms with Gasteiger partial charge in [-0.3, -0.25) is 0 Å². The molecule has 0 saturated heterocycles. The molecule has 0 bridgehead atoms. The van der Waals surface area contributed by atoms with E-state index in [1.165, 1.54) is 16.3 Å². The summed E-state index contributed by atoms with van der Waals surface area (Å²) in [7, 11) is 1.71. The number of fused-ring (bicyclic) bond motifs is 3. The zero-order valence-electron chi connectivity index (χ0n) is 8.45. The highest BCUT2D eigenvalue weighted by Crippen LogP contribution is 2.32. The van der Waals surface area contributed by atoms with Crippen molar-refractivity contribution in [2.24, 2.45) is 0 Å². The van der Waals surface area contributed by atoms with Gasteiger partial charge in [0, 0.05) is 22.4 Å². The lowest BCUT2D eigenvalue weighted by molar-refractivity contribution is 0.420. The average Bonchev–Trinajstić information content (AvgIpc) is 2.76. The minimum atomic E-state index is 0.928. The van der Waals surface area contributed by atoms with Crippen LogP contribution in [-0.4, -0.2) is 12.1 Å². The van der Waals surface area contributed by atoms with Gasteiger partial charge in [0.05, 0.1) is 12.6 Å². The van der Waals surface area contributed by atoms with E-state index in [4.69, 9.17) is 4.74 Å². The molecule has 0 spiro atoms. The molecule has 1 heterocycles. The molecule has 0 unspecified atom stereocenters. The van der Waals surface area contributed by atoms with Crippen LogP contribution in [0.25, 0.3) is 21.7 Å². The predicted octanol–water partition coefficient (Wildman–Crippen LogP) is 3.33. The van der Waals surface area contributed by atoms with Gasteiger partial charge in [-0.05, 0) is 12.1 Å². The molecule has 2 aromatic carbocycles. The number of aromatic nitrogens is 1. The van der Waals surface area contributed by atoms with E-state index in [0.717, 1.165) is 11.1 Å². The Balaban J connectivity index is 2.58. The van der Waals surface area contributed by atoms with Crippen molar-refractivity contribution >= 4 is 21.7 Å². The van der Waals surface area contributed by atoms with E-state index < -0.39 is 0 Å². The summed E-state index contributed by atoms with van der Waals surface area (Å²) in [6.45, 7) is 0. The average molecular weight is 197 g/mol. The molecule has 0 aliphatic carbocycles. The second-order valence-electron chi connectivity index (χ2n) is 3.57.